The molecule has 0 aromatic carbocycles. The van der Waals surface area contributed by atoms with Crippen molar-refractivity contribution in [1.29, 1.82) is 0 Å². The lowest BCUT2D eigenvalue weighted by molar-refractivity contribution is 0.101. The van der Waals surface area contributed by atoms with Gasteiger partial charge >= 0.3 is 0 Å². The Bertz CT molecular complexity index is 475. The Kier molecular flexibility index (Phi) is 1.92. The van der Waals surface area contributed by atoms with Gasteiger partial charge in [0.15, 0.2) is 5.78 Å². The van der Waals surface area contributed by atoms with Crippen LogP contribution in [0.4, 0.5) is 0 Å². The molecule has 2 aromatic heterocycles. The van der Waals surface area contributed by atoms with Crippen LogP contribution in [-0.4, -0.2) is 15.8 Å². The lowest BCUT2D eigenvalue weighted by Gasteiger charge is -1.88. The minimum Gasteiger partial charge on any atom is -0.351 e. The van der Waals surface area contributed by atoms with Gasteiger partial charge in [-0.1, -0.05) is 0 Å². The maximum Gasteiger partial charge on any atom is 0.176 e. The molecule has 0 saturated carbocycles. The topological polar surface area (TPSA) is 45.8 Å². The SMILES string of the molecule is CC(=O)c1cc2ncc(Br)cc2[nH]1. The van der Waals surface area contributed by atoms with Crippen molar-refractivity contribution in [2.45, 2.75) is 6.92 Å². The van der Waals surface area contributed by atoms with Crippen LogP contribution in [0.3, 0.4) is 0 Å². The summed E-state index contributed by atoms with van der Waals surface area (Å²) in [5, 5.41) is 0. The molecular formula is C9H7BrN2O. The number of ketones is 1. The summed E-state index contributed by atoms with van der Waals surface area (Å²) in [4.78, 5) is 18.2. The molecular weight excluding hydrogens is 232 g/mol. The maximum absolute atomic E-state index is 11.0. The molecule has 0 unspecified atom stereocenters. The van der Waals surface area contributed by atoms with Crippen LogP contribution in [-0.2, 0) is 0 Å². The minimum absolute atomic E-state index is 0.0223. The van der Waals surface area contributed by atoms with Crippen molar-refractivity contribution < 1.29 is 4.79 Å². The quantitative estimate of drug-likeness (QED) is 0.777. The van der Waals surface area contributed by atoms with E-state index in [0.29, 0.717) is 5.69 Å². The van der Waals surface area contributed by atoms with E-state index >= 15 is 0 Å². The average molecular weight is 239 g/mol. The molecule has 0 bridgehead atoms. The predicted octanol–water partition coefficient (Wildman–Crippen LogP) is 2.53. The number of nitrogens with zero attached hydrogens (tertiary/aromatic N) is 1. The summed E-state index contributed by atoms with van der Waals surface area (Å²) in [7, 11) is 0. The van der Waals surface area contributed by atoms with Gasteiger partial charge in [0.05, 0.1) is 16.7 Å². The zero-order valence-electron chi connectivity index (χ0n) is 6.97. The second-order valence-corrected chi connectivity index (χ2v) is 3.74. The molecule has 3 nitrogen and oxygen atoms in total. The fourth-order valence-electron chi connectivity index (χ4n) is 1.17. The van der Waals surface area contributed by atoms with Gasteiger partial charge in [0.25, 0.3) is 0 Å². The van der Waals surface area contributed by atoms with Gasteiger partial charge in [-0.15, -0.1) is 0 Å². The number of aromatic amines is 1. The lowest BCUT2D eigenvalue weighted by Crippen LogP contribution is -1.89. The number of pyridine rings is 1. The summed E-state index contributed by atoms with van der Waals surface area (Å²) in [6, 6.07) is 3.65. The smallest absolute Gasteiger partial charge is 0.176 e. The molecule has 4 heteroatoms. The number of H-pyrrole nitrogens is 1. The lowest BCUT2D eigenvalue weighted by atomic mass is 10.3. The highest BCUT2D eigenvalue weighted by atomic mass is 79.9. The zero-order chi connectivity index (χ0) is 9.42. The molecule has 0 fully saturated rings. The van der Waals surface area contributed by atoms with E-state index in [9.17, 15) is 4.79 Å². The van der Waals surface area contributed by atoms with Crippen molar-refractivity contribution in [3.63, 3.8) is 0 Å². The molecule has 0 amide bonds. The van der Waals surface area contributed by atoms with E-state index in [4.69, 9.17) is 0 Å². The number of halogens is 1. The van der Waals surface area contributed by atoms with Gasteiger partial charge in [0.2, 0.25) is 0 Å². The summed E-state index contributed by atoms with van der Waals surface area (Å²) in [6.07, 6.45) is 1.71. The Hall–Kier alpha value is -1.16. The number of nitrogens with one attached hydrogen (secondary N) is 1. The number of carbonyl (C=O) groups excluding carboxylic acids is 1. The van der Waals surface area contributed by atoms with Crippen LogP contribution >= 0.6 is 15.9 Å². The average Bonchev–Trinajstić information content (AvgIpc) is 2.46. The van der Waals surface area contributed by atoms with E-state index < -0.39 is 0 Å². The van der Waals surface area contributed by atoms with Gasteiger partial charge in [-0.3, -0.25) is 9.78 Å². The summed E-state index contributed by atoms with van der Waals surface area (Å²) in [5.74, 6) is 0.0223. The summed E-state index contributed by atoms with van der Waals surface area (Å²) >= 11 is 3.31. The van der Waals surface area contributed by atoms with Gasteiger partial charge in [0, 0.05) is 17.6 Å². The number of hydrogen-bond donors (Lipinski definition) is 1. The van der Waals surface area contributed by atoms with Crippen molar-refractivity contribution in [3.05, 3.63) is 28.5 Å². The van der Waals surface area contributed by atoms with Crippen LogP contribution in [0.25, 0.3) is 11.0 Å². The standard InChI is InChI=1S/C9H7BrN2O/c1-5(13)7-3-8-9(12-7)2-6(10)4-11-8/h2-4,12H,1H3. The van der Waals surface area contributed by atoms with Crippen molar-refractivity contribution >= 4 is 32.7 Å². The number of Topliss-reactive ketones (excluding diaryl/α,β-unsaturated/α-hetero) is 1. The molecule has 0 atom stereocenters. The van der Waals surface area contributed by atoms with Crippen molar-refractivity contribution in [2.75, 3.05) is 0 Å². The molecule has 2 aromatic rings. The number of hydrogen-bond acceptors (Lipinski definition) is 2. The van der Waals surface area contributed by atoms with E-state index in [2.05, 4.69) is 25.9 Å². The third kappa shape index (κ3) is 1.49. The number of carbonyl (C=O) groups is 1. The van der Waals surface area contributed by atoms with Gasteiger partial charge in [0.1, 0.15) is 0 Å². The van der Waals surface area contributed by atoms with Crippen LogP contribution in [0.15, 0.2) is 22.8 Å². The van der Waals surface area contributed by atoms with Crippen LogP contribution < -0.4 is 0 Å². The summed E-state index contributed by atoms with van der Waals surface area (Å²) < 4.78 is 0.900. The van der Waals surface area contributed by atoms with E-state index in [1.54, 1.807) is 12.3 Å². The van der Waals surface area contributed by atoms with E-state index in [1.165, 1.54) is 6.92 Å². The Morgan fingerprint density at radius 1 is 1.54 bits per heavy atom. The molecule has 0 saturated heterocycles. The number of rotatable bonds is 1. The molecule has 0 aliphatic carbocycles. The Labute approximate surface area is 83.3 Å². The second-order valence-electron chi connectivity index (χ2n) is 2.83. The predicted molar refractivity (Wildman–Crippen MR) is 53.8 cm³/mol. The number of fused-ring (bicyclic) bond motifs is 1. The van der Waals surface area contributed by atoms with Crippen LogP contribution in [0, 0.1) is 0 Å². The van der Waals surface area contributed by atoms with E-state index in [0.717, 1.165) is 15.5 Å². The molecule has 66 valence electrons. The number of aromatic nitrogens is 2. The van der Waals surface area contributed by atoms with E-state index in [-0.39, 0.29) is 5.78 Å². The first-order valence-electron chi connectivity index (χ1n) is 3.82. The molecule has 1 N–H and O–H groups in total. The Morgan fingerprint density at radius 2 is 2.31 bits per heavy atom. The Balaban J connectivity index is 2.68. The molecule has 0 aliphatic rings. The summed E-state index contributed by atoms with van der Waals surface area (Å²) in [6.45, 7) is 1.53. The largest absolute Gasteiger partial charge is 0.351 e. The normalized spacial score (nSPS) is 10.6. The van der Waals surface area contributed by atoms with Crippen LogP contribution in [0.1, 0.15) is 17.4 Å². The van der Waals surface area contributed by atoms with Crippen molar-refractivity contribution in [1.82, 2.24) is 9.97 Å². The molecule has 2 heterocycles. The van der Waals surface area contributed by atoms with Gasteiger partial charge in [-0.05, 0) is 28.1 Å². The summed E-state index contributed by atoms with van der Waals surface area (Å²) in [5.41, 5.74) is 2.29. The fraction of sp³-hybridized carbons (Fsp3) is 0.111. The Morgan fingerprint density at radius 3 is 3.00 bits per heavy atom. The highest BCUT2D eigenvalue weighted by Crippen LogP contribution is 2.17. The first kappa shape index (κ1) is 8.44. The minimum atomic E-state index is 0.0223. The van der Waals surface area contributed by atoms with Crippen LogP contribution in [0.2, 0.25) is 0 Å². The van der Waals surface area contributed by atoms with Gasteiger partial charge in [-0.2, -0.15) is 0 Å². The highest BCUT2D eigenvalue weighted by molar-refractivity contribution is 9.10. The highest BCUT2D eigenvalue weighted by Gasteiger charge is 2.05. The third-order valence-corrected chi connectivity index (χ3v) is 2.25. The molecule has 13 heavy (non-hydrogen) atoms. The van der Waals surface area contributed by atoms with Crippen molar-refractivity contribution in [2.24, 2.45) is 0 Å². The maximum atomic E-state index is 11.0. The molecule has 0 aliphatic heterocycles. The first-order valence-corrected chi connectivity index (χ1v) is 4.61. The zero-order valence-corrected chi connectivity index (χ0v) is 8.55. The van der Waals surface area contributed by atoms with E-state index in [1.807, 2.05) is 6.07 Å². The van der Waals surface area contributed by atoms with Crippen molar-refractivity contribution in [3.8, 4) is 0 Å². The van der Waals surface area contributed by atoms with Gasteiger partial charge in [-0.25, -0.2) is 0 Å². The fourth-order valence-corrected chi connectivity index (χ4v) is 1.50. The monoisotopic (exact) mass is 238 g/mol. The third-order valence-electron chi connectivity index (χ3n) is 1.81. The molecule has 2 rings (SSSR count). The molecule has 0 spiro atoms. The molecule has 0 radical (unpaired) electrons. The van der Waals surface area contributed by atoms with Gasteiger partial charge < -0.3 is 4.98 Å². The second kappa shape index (κ2) is 2.96. The van der Waals surface area contributed by atoms with Crippen LogP contribution in [0.5, 0.6) is 0 Å². The first-order chi connectivity index (χ1) is 6.16.